The van der Waals surface area contributed by atoms with Crippen molar-refractivity contribution in [3.8, 4) is 0 Å². The lowest BCUT2D eigenvalue weighted by atomic mass is 10.2. The van der Waals surface area contributed by atoms with Crippen LogP contribution in [0.2, 0.25) is 0 Å². The summed E-state index contributed by atoms with van der Waals surface area (Å²) in [7, 11) is 1.46. The number of aromatic nitrogens is 5. The van der Waals surface area contributed by atoms with Gasteiger partial charge in [-0.3, -0.25) is 14.5 Å². The number of benzene rings is 1. The second-order valence-corrected chi connectivity index (χ2v) is 7.46. The minimum absolute atomic E-state index is 0.0544. The molecule has 1 aliphatic heterocycles. The quantitative estimate of drug-likeness (QED) is 0.667. The molecule has 1 N–H and O–H groups in total. The number of amides is 2. The van der Waals surface area contributed by atoms with E-state index in [2.05, 4.69) is 20.5 Å². The Bertz CT molecular complexity index is 1100. The number of hydrogen-bond acceptors (Lipinski definition) is 5. The van der Waals surface area contributed by atoms with E-state index in [9.17, 15) is 18.4 Å². The summed E-state index contributed by atoms with van der Waals surface area (Å²) in [4.78, 5) is 30.7. The van der Waals surface area contributed by atoms with Gasteiger partial charge in [-0.1, -0.05) is 30.3 Å². The minimum Gasteiger partial charge on any atom is -0.337 e. The van der Waals surface area contributed by atoms with E-state index in [4.69, 9.17) is 0 Å². The number of nitrogens with one attached hydrogen (secondary N) is 1. The topological polar surface area (TPSA) is 97.9 Å². The number of likely N-dealkylation sites (N-methyl/N-ethyl adjacent to an activating group) is 1. The summed E-state index contributed by atoms with van der Waals surface area (Å²) in [6.45, 7) is 1.41. The number of carbonyl (C=O) groups is 2. The van der Waals surface area contributed by atoms with Gasteiger partial charge in [0.05, 0.1) is 6.54 Å². The zero-order valence-corrected chi connectivity index (χ0v) is 17.0. The van der Waals surface area contributed by atoms with E-state index in [0.29, 0.717) is 6.54 Å². The van der Waals surface area contributed by atoms with Crippen molar-refractivity contribution in [2.75, 3.05) is 11.9 Å². The molecule has 0 saturated heterocycles. The van der Waals surface area contributed by atoms with Gasteiger partial charge in [0.2, 0.25) is 5.82 Å². The lowest BCUT2D eigenvalue weighted by Crippen LogP contribution is -2.47. The molecule has 1 aliphatic rings. The van der Waals surface area contributed by atoms with Gasteiger partial charge in [-0.2, -0.15) is 13.9 Å². The average molecular weight is 429 g/mol. The molecule has 9 nitrogen and oxygen atoms in total. The van der Waals surface area contributed by atoms with Crippen molar-refractivity contribution >= 4 is 17.6 Å². The van der Waals surface area contributed by atoms with Crippen molar-refractivity contribution in [2.45, 2.75) is 38.4 Å². The molecule has 0 bridgehead atoms. The first kappa shape index (κ1) is 20.6. The summed E-state index contributed by atoms with van der Waals surface area (Å²) in [5.41, 5.74) is 0.601. The van der Waals surface area contributed by atoms with Gasteiger partial charge in [0, 0.05) is 26.6 Å². The molecule has 1 aromatic carbocycles. The lowest BCUT2D eigenvalue weighted by Gasteiger charge is -2.20. The zero-order chi connectivity index (χ0) is 22.2. The highest BCUT2D eigenvalue weighted by Gasteiger charge is 2.35. The number of halogens is 2. The van der Waals surface area contributed by atoms with Gasteiger partial charge >= 0.3 is 0 Å². The Kier molecular flexibility index (Phi) is 5.25. The maximum atomic E-state index is 13.6. The molecule has 4 rings (SSSR count). The molecule has 0 saturated carbocycles. The normalized spacial score (nSPS) is 16.7. The Morgan fingerprint density at radius 3 is 2.71 bits per heavy atom. The fourth-order valence-corrected chi connectivity index (χ4v) is 3.38. The largest absolute Gasteiger partial charge is 0.337 e. The SMILES string of the molecule is CN1C(=O)C(NC(=O)c2ncn(Cc3ccccc3)n2)CCn2nc(C(C)(F)F)cc21. The standard InChI is InChI=1S/C20H21F2N7O2/c1-20(21,22)15-10-16-27(2)19(31)14(8-9-29(16)25-15)24-18(30)17-23-12-28(26-17)11-13-6-4-3-5-7-13/h3-7,10,12,14H,8-9,11H2,1-2H3,(H,24,30). The summed E-state index contributed by atoms with van der Waals surface area (Å²) in [6, 6.07) is 9.92. The number of rotatable bonds is 5. The smallest absolute Gasteiger partial charge is 0.291 e. The zero-order valence-electron chi connectivity index (χ0n) is 17.0. The monoisotopic (exact) mass is 429 g/mol. The predicted molar refractivity (Wildman–Crippen MR) is 107 cm³/mol. The molecule has 0 spiro atoms. The Morgan fingerprint density at radius 2 is 2.00 bits per heavy atom. The first-order chi connectivity index (χ1) is 14.7. The molecule has 1 unspecified atom stereocenters. The third kappa shape index (κ3) is 4.30. The summed E-state index contributed by atoms with van der Waals surface area (Å²) >= 11 is 0. The van der Waals surface area contributed by atoms with Crippen LogP contribution >= 0.6 is 0 Å². The third-order valence-corrected chi connectivity index (χ3v) is 5.04. The molecule has 162 valence electrons. The first-order valence-corrected chi connectivity index (χ1v) is 9.70. The molecule has 31 heavy (non-hydrogen) atoms. The second-order valence-electron chi connectivity index (χ2n) is 7.46. The average Bonchev–Trinajstić information content (AvgIpc) is 3.35. The van der Waals surface area contributed by atoms with Crippen LogP contribution in [0.25, 0.3) is 0 Å². The Hall–Kier alpha value is -3.63. The molecule has 2 amide bonds. The van der Waals surface area contributed by atoms with Gasteiger partial charge in [0.25, 0.3) is 17.7 Å². The van der Waals surface area contributed by atoms with Crippen LogP contribution in [0.3, 0.4) is 0 Å². The summed E-state index contributed by atoms with van der Waals surface area (Å²) in [6.07, 6.45) is 1.65. The molecule has 3 aromatic rings. The maximum absolute atomic E-state index is 13.6. The molecule has 11 heteroatoms. The van der Waals surface area contributed by atoms with E-state index in [0.717, 1.165) is 12.5 Å². The molecular weight excluding hydrogens is 408 g/mol. The van der Waals surface area contributed by atoms with E-state index in [1.54, 1.807) is 0 Å². The summed E-state index contributed by atoms with van der Waals surface area (Å²) < 4.78 is 30.1. The summed E-state index contributed by atoms with van der Waals surface area (Å²) in [5, 5.41) is 10.7. The van der Waals surface area contributed by atoms with Gasteiger partial charge in [0.15, 0.2) is 0 Å². The van der Waals surface area contributed by atoms with Crippen LogP contribution in [-0.4, -0.2) is 49.4 Å². The van der Waals surface area contributed by atoms with Gasteiger partial charge in [-0.05, 0) is 12.0 Å². The van der Waals surface area contributed by atoms with Crippen LogP contribution in [0.15, 0.2) is 42.7 Å². The molecule has 1 atom stereocenters. The van der Waals surface area contributed by atoms with E-state index < -0.39 is 29.5 Å². The maximum Gasteiger partial charge on any atom is 0.291 e. The third-order valence-electron chi connectivity index (χ3n) is 5.04. The van der Waals surface area contributed by atoms with Crippen molar-refractivity contribution in [2.24, 2.45) is 0 Å². The number of fused-ring (bicyclic) bond motifs is 1. The number of aryl methyl sites for hydroxylation is 1. The van der Waals surface area contributed by atoms with E-state index in [1.165, 1.54) is 33.7 Å². The number of hydrogen-bond donors (Lipinski definition) is 1. The molecule has 0 radical (unpaired) electrons. The molecule has 3 heterocycles. The lowest BCUT2D eigenvalue weighted by molar-refractivity contribution is -0.120. The van der Waals surface area contributed by atoms with Crippen LogP contribution in [0, 0.1) is 0 Å². The van der Waals surface area contributed by atoms with Gasteiger partial charge in [0.1, 0.15) is 23.9 Å². The van der Waals surface area contributed by atoms with Crippen molar-refractivity contribution in [3.63, 3.8) is 0 Å². The number of alkyl halides is 2. The highest BCUT2D eigenvalue weighted by molar-refractivity contribution is 6.00. The molecule has 2 aromatic heterocycles. The number of anilines is 1. The van der Waals surface area contributed by atoms with E-state index >= 15 is 0 Å². The molecular formula is C20H21F2N7O2. The van der Waals surface area contributed by atoms with Crippen molar-refractivity contribution in [1.82, 2.24) is 29.9 Å². The Balaban J connectivity index is 1.44. The minimum atomic E-state index is -3.11. The molecule has 0 fully saturated rings. The van der Waals surface area contributed by atoms with E-state index in [-0.39, 0.29) is 24.6 Å². The Labute approximate surface area is 176 Å². The van der Waals surface area contributed by atoms with Crippen LogP contribution in [0.5, 0.6) is 0 Å². The highest BCUT2D eigenvalue weighted by atomic mass is 19.3. The van der Waals surface area contributed by atoms with Crippen molar-refractivity contribution in [3.05, 3.63) is 59.8 Å². The first-order valence-electron chi connectivity index (χ1n) is 9.70. The number of nitrogens with zero attached hydrogens (tertiary/aromatic N) is 6. The van der Waals surface area contributed by atoms with Crippen LogP contribution in [0.4, 0.5) is 14.6 Å². The van der Waals surface area contributed by atoms with Gasteiger partial charge < -0.3 is 5.32 Å². The highest BCUT2D eigenvalue weighted by Crippen LogP contribution is 2.30. The fourth-order valence-electron chi connectivity index (χ4n) is 3.38. The van der Waals surface area contributed by atoms with E-state index in [1.807, 2.05) is 30.3 Å². The van der Waals surface area contributed by atoms with Crippen LogP contribution in [-0.2, 0) is 23.8 Å². The molecule has 0 aliphatic carbocycles. The number of carbonyl (C=O) groups excluding carboxylic acids is 2. The van der Waals surface area contributed by atoms with Crippen LogP contribution in [0.1, 0.15) is 35.2 Å². The van der Waals surface area contributed by atoms with Gasteiger partial charge in [-0.25, -0.2) is 14.3 Å². The fraction of sp³-hybridized carbons (Fsp3) is 0.350. The Morgan fingerprint density at radius 1 is 1.26 bits per heavy atom. The summed E-state index contributed by atoms with van der Waals surface area (Å²) in [5.74, 6) is -3.92. The van der Waals surface area contributed by atoms with Crippen LogP contribution < -0.4 is 10.2 Å². The van der Waals surface area contributed by atoms with Gasteiger partial charge in [-0.15, -0.1) is 5.10 Å². The second kappa shape index (κ2) is 7.89. The predicted octanol–water partition coefficient (Wildman–Crippen LogP) is 1.80. The van der Waals surface area contributed by atoms with Crippen molar-refractivity contribution < 1.29 is 18.4 Å². The van der Waals surface area contributed by atoms with Crippen molar-refractivity contribution in [1.29, 1.82) is 0 Å².